The molecule has 170 valence electrons. The zero-order chi connectivity index (χ0) is 22.7. The number of Topliss-reactive ketones (excluding diaryl/α,β-unsaturated/α-hetero) is 1. The Morgan fingerprint density at radius 2 is 2.09 bits per heavy atom. The average molecular weight is 458 g/mol. The Kier molecular flexibility index (Phi) is 7.10. The van der Waals surface area contributed by atoms with Gasteiger partial charge in [-0.3, -0.25) is 14.4 Å². The first-order valence-electron chi connectivity index (χ1n) is 11.1. The second-order valence-electron chi connectivity index (χ2n) is 8.33. The molecule has 1 aliphatic carbocycles. The number of aromatic nitrogens is 2. The minimum atomic E-state index is -0.576. The number of benzene rings is 1. The fourth-order valence-electron chi connectivity index (χ4n) is 4.13. The Bertz CT molecular complexity index is 1020. The second kappa shape index (κ2) is 10.0. The number of carbonyl (C=O) groups is 2. The van der Waals surface area contributed by atoms with Crippen molar-refractivity contribution in [2.75, 3.05) is 19.7 Å². The van der Waals surface area contributed by atoms with E-state index in [0.717, 1.165) is 24.8 Å². The van der Waals surface area contributed by atoms with E-state index in [-0.39, 0.29) is 22.8 Å². The molecule has 2 heterocycles. The fraction of sp³-hybridized carbons (Fsp3) is 0.458. The zero-order valence-electron chi connectivity index (χ0n) is 18.1. The average Bonchev–Trinajstić information content (AvgIpc) is 3.53. The normalized spacial score (nSPS) is 21.5. The van der Waals surface area contributed by atoms with Crippen molar-refractivity contribution in [3.8, 4) is 0 Å². The molecule has 1 aromatic heterocycles. The summed E-state index contributed by atoms with van der Waals surface area (Å²) in [6.45, 7) is 3.76. The van der Waals surface area contributed by atoms with Crippen LogP contribution < -0.4 is 0 Å². The third kappa shape index (κ3) is 5.13. The van der Waals surface area contributed by atoms with Gasteiger partial charge >= 0.3 is 5.97 Å². The zero-order valence-corrected chi connectivity index (χ0v) is 19.0. The van der Waals surface area contributed by atoms with E-state index in [4.69, 9.17) is 17.4 Å². The van der Waals surface area contributed by atoms with Crippen LogP contribution in [0.25, 0.3) is 0 Å². The number of halogens is 1. The van der Waals surface area contributed by atoms with Crippen LogP contribution in [0, 0.1) is 11.7 Å². The molecular formula is C24H28FN3O3S. The molecule has 8 heteroatoms. The Labute approximate surface area is 192 Å². The summed E-state index contributed by atoms with van der Waals surface area (Å²) in [7, 11) is 0. The molecule has 1 saturated heterocycles. The summed E-state index contributed by atoms with van der Waals surface area (Å²) >= 11 is 4.73. The molecule has 0 bridgehead atoms. The summed E-state index contributed by atoms with van der Waals surface area (Å²) in [5.74, 6) is -0.592. The number of likely N-dealkylation sites (tertiary alicyclic amines) is 1. The van der Waals surface area contributed by atoms with Gasteiger partial charge in [-0.25, -0.2) is 9.18 Å². The number of carbonyl (C=O) groups excluding carboxylic acids is 2. The Morgan fingerprint density at radius 1 is 1.31 bits per heavy atom. The maximum atomic E-state index is 14.6. The first-order valence-corrected chi connectivity index (χ1v) is 11.6. The minimum absolute atomic E-state index is 0.0335. The van der Waals surface area contributed by atoms with E-state index in [1.54, 1.807) is 36.0 Å². The summed E-state index contributed by atoms with van der Waals surface area (Å²) in [5.41, 5.74) is 1.93. The smallest absolute Gasteiger partial charge is 0.341 e. The monoisotopic (exact) mass is 457 g/mol. The van der Waals surface area contributed by atoms with Gasteiger partial charge in [0.2, 0.25) is 0 Å². The summed E-state index contributed by atoms with van der Waals surface area (Å²) < 4.78 is 21.3. The van der Waals surface area contributed by atoms with Crippen molar-refractivity contribution in [1.82, 2.24) is 14.7 Å². The van der Waals surface area contributed by atoms with Gasteiger partial charge in [0, 0.05) is 36.0 Å². The number of piperidine rings is 1. The van der Waals surface area contributed by atoms with Crippen LogP contribution in [0.5, 0.6) is 0 Å². The van der Waals surface area contributed by atoms with Crippen LogP contribution in [0.4, 0.5) is 4.39 Å². The highest BCUT2D eigenvalue weighted by molar-refractivity contribution is 7.81. The summed E-state index contributed by atoms with van der Waals surface area (Å²) in [6.07, 6.45) is 7.72. The van der Waals surface area contributed by atoms with Crippen LogP contribution in [-0.2, 0) is 16.1 Å². The lowest BCUT2D eigenvalue weighted by Gasteiger charge is -2.37. The first kappa shape index (κ1) is 22.7. The Morgan fingerprint density at radius 3 is 2.81 bits per heavy atom. The van der Waals surface area contributed by atoms with Crippen molar-refractivity contribution in [3.05, 3.63) is 65.3 Å². The number of hydrogen-bond acceptors (Lipinski definition) is 6. The molecule has 2 unspecified atom stereocenters. The topological polar surface area (TPSA) is 64.4 Å². The highest BCUT2D eigenvalue weighted by Gasteiger charge is 2.40. The van der Waals surface area contributed by atoms with E-state index in [0.29, 0.717) is 37.4 Å². The van der Waals surface area contributed by atoms with Crippen molar-refractivity contribution in [2.45, 2.75) is 44.0 Å². The van der Waals surface area contributed by atoms with Gasteiger partial charge in [-0.2, -0.15) is 17.7 Å². The molecule has 32 heavy (non-hydrogen) atoms. The largest absolute Gasteiger partial charge is 0.462 e. The van der Waals surface area contributed by atoms with E-state index >= 15 is 0 Å². The van der Waals surface area contributed by atoms with Gasteiger partial charge in [-0.15, -0.1) is 0 Å². The number of ether oxygens (including phenoxy) is 1. The van der Waals surface area contributed by atoms with Gasteiger partial charge in [-0.05, 0) is 37.8 Å². The first-order chi connectivity index (χ1) is 15.5. The van der Waals surface area contributed by atoms with Crippen LogP contribution in [0.3, 0.4) is 0 Å². The van der Waals surface area contributed by atoms with Gasteiger partial charge in [0.1, 0.15) is 5.82 Å². The van der Waals surface area contributed by atoms with Crippen LogP contribution in [0.15, 0.2) is 48.3 Å². The van der Waals surface area contributed by atoms with Gasteiger partial charge in [0.25, 0.3) is 0 Å². The molecule has 0 spiro atoms. The van der Waals surface area contributed by atoms with Crippen molar-refractivity contribution in [3.63, 3.8) is 0 Å². The molecule has 6 nitrogen and oxygen atoms in total. The Balaban J connectivity index is 1.52. The van der Waals surface area contributed by atoms with Gasteiger partial charge in [0.15, 0.2) is 5.78 Å². The maximum absolute atomic E-state index is 14.6. The number of thiol groups is 1. The van der Waals surface area contributed by atoms with E-state index in [9.17, 15) is 14.0 Å². The van der Waals surface area contributed by atoms with Crippen LogP contribution >= 0.6 is 12.6 Å². The van der Waals surface area contributed by atoms with E-state index in [1.165, 1.54) is 12.3 Å². The van der Waals surface area contributed by atoms with Crippen molar-refractivity contribution >= 4 is 24.4 Å². The number of allylic oxidation sites excluding steroid dienone is 1. The summed E-state index contributed by atoms with van der Waals surface area (Å²) in [5, 5.41) is 4.29. The highest BCUT2D eigenvalue weighted by Crippen LogP contribution is 2.39. The van der Waals surface area contributed by atoms with Gasteiger partial charge in [0.05, 0.1) is 31.0 Å². The van der Waals surface area contributed by atoms with Crippen LogP contribution in [-0.4, -0.2) is 51.4 Å². The third-order valence-corrected chi connectivity index (χ3v) is 6.59. The van der Waals surface area contributed by atoms with E-state index < -0.39 is 12.0 Å². The number of ketones is 1. The molecule has 2 aliphatic rings. The molecule has 0 amide bonds. The lowest BCUT2D eigenvalue weighted by Crippen LogP contribution is -2.42. The summed E-state index contributed by atoms with van der Waals surface area (Å²) in [4.78, 5) is 27.1. The number of nitrogens with zero attached hydrogens (tertiary/aromatic N) is 3. The molecule has 2 fully saturated rings. The van der Waals surface area contributed by atoms with E-state index in [2.05, 4.69) is 10.00 Å². The summed E-state index contributed by atoms with van der Waals surface area (Å²) in [6, 6.07) is 6.00. The van der Waals surface area contributed by atoms with Crippen LogP contribution in [0.1, 0.15) is 48.1 Å². The Hall–Kier alpha value is -2.45. The maximum Gasteiger partial charge on any atom is 0.341 e. The molecular weight excluding hydrogens is 429 g/mol. The van der Waals surface area contributed by atoms with Crippen molar-refractivity contribution in [2.24, 2.45) is 5.92 Å². The number of rotatable bonds is 8. The lowest BCUT2D eigenvalue weighted by atomic mass is 9.93. The predicted octanol–water partition coefficient (Wildman–Crippen LogP) is 3.85. The predicted molar refractivity (Wildman–Crippen MR) is 122 cm³/mol. The highest BCUT2D eigenvalue weighted by atomic mass is 32.1. The molecule has 1 aliphatic heterocycles. The number of hydrogen-bond donors (Lipinski definition) is 1. The second-order valence-corrected chi connectivity index (χ2v) is 8.95. The molecule has 1 saturated carbocycles. The number of esters is 1. The van der Waals surface area contributed by atoms with E-state index in [1.807, 2.05) is 6.08 Å². The third-order valence-electron chi connectivity index (χ3n) is 6.00. The molecule has 2 aromatic rings. The van der Waals surface area contributed by atoms with Crippen molar-refractivity contribution in [1.29, 1.82) is 0 Å². The molecule has 4 rings (SSSR count). The van der Waals surface area contributed by atoms with Gasteiger partial charge in [-0.1, -0.05) is 24.3 Å². The molecule has 1 aromatic carbocycles. The molecule has 0 N–H and O–H groups in total. The fourth-order valence-corrected chi connectivity index (χ4v) is 4.43. The molecule has 0 radical (unpaired) electrons. The van der Waals surface area contributed by atoms with Crippen molar-refractivity contribution < 1.29 is 18.7 Å². The standard InChI is InChI=1S/C24H28FN3O3S/c1-2-31-24(30)18-13-26-28(15-18)12-9-17-14-27(11-10-21(17)32)22(23(29)16-7-8-16)19-5-3-4-6-20(19)25/h3-6,9,13,15-16,21-22,32H,2,7-8,10-12,14H2,1H3. The SMILES string of the molecule is CCOC(=O)c1cnn(CC=C2CN(C(C(=O)C3CC3)c3ccccc3F)CCC2S)c1. The van der Waals surface area contributed by atoms with Crippen LogP contribution in [0.2, 0.25) is 0 Å². The molecule has 2 atom stereocenters. The quantitative estimate of drug-likeness (QED) is 0.371. The lowest BCUT2D eigenvalue weighted by molar-refractivity contribution is -0.126. The van der Waals surface area contributed by atoms with Gasteiger partial charge < -0.3 is 4.74 Å². The minimum Gasteiger partial charge on any atom is -0.462 e.